The first-order chi connectivity index (χ1) is 14.6. The fourth-order valence-corrected chi connectivity index (χ4v) is 4.13. The van der Waals surface area contributed by atoms with Crippen LogP contribution in [0.4, 0.5) is 13.2 Å². The zero-order chi connectivity index (χ0) is 22.2. The quantitative estimate of drug-likeness (QED) is 0.448. The predicted octanol–water partition coefficient (Wildman–Crippen LogP) is 4.51. The van der Waals surface area contributed by atoms with Gasteiger partial charge in [0.25, 0.3) is 0 Å². The molecule has 0 fully saturated rings. The van der Waals surface area contributed by atoms with E-state index in [-0.39, 0.29) is 11.6 Å². The van der Waals surface area contributed by atoms with Gasteiger partial charge in [0.1, 0.15) is 5.65 Å². The number of aryl methyl sites for hydroxylation is 1. The Morgan fingerprint density at radius 3 is 2.52 bits per heavy atom. The Morgan fingerprint density at radius 1 is 1.10 bits per heavy atom. The molecule has 1 aromatic carbocycles. The first-order valence-corrected chi connectivity index (χ1v) is 11.3. The largest absolute Gasteiger partial charge is 0.471 e. The highest BCUT2D eigenvalue weighted by atomic mass is 32.2. The summed E-state index contributed by atoms with van der Waals surface area (Å²) < 4.78 is 61.2. The molecule has 0 N–H and O–H groups in total. The molecule has 0 bridgehead atoms. The molecular weight excluding hydrogens is 431 g/mol. The van der Waals surface area contributed by atoms with Crippen LogP contribution in [0.2, 0.25) is 0 Å². The third-order valence-corrected chi connectivity index (χ3v) is 5.99. The number of alkyl halides is 3. The molecule has 31 heavy (non-hydrogen) atoms. The van der Waals surface area contributed by atoms with Gasteiger partial charge in [0.05, 0.1) is 18.0 Å². The molecule has 7 nitrogen and oxygen atoms in total. The summed E-state index contributed by atoms with van der Waals surface area (Å²) in [5, 5.41) is 3.38. The van der Waals surface area contributed by atoms with Gasteiger partial charge in [-0.15, -0.1) is 0 Å². The molecular formula is C20H18F3N5O2S. The molecule has 0 spiro atoms. The van der Waals surface area contributed by atoms with Gasteiger partial charge in [-0.25, -0.2) is 13.6 Å². The van der Waals surface area contributed by atoms with Gasteiger partial charge in [-0.1, -0.05) is 35.0 Å². The first kappa shape index (κ1) is 21.0. The molecule has 3 heterocycles. The lowest BCUT2D eigenvalue weighted by molar-refractivity contribution is -0.159. The average molecular weight is 449 g/mol. The summed E-state index contributed by atoms with van der Waals surface area (Å²) in [5.41, 5.74) is 3.55. The third kappa shape index (κ3) is 4.93. The molecule has 0 aliphatic heterocycles. The summed E-state index contributed by atoms with van der Waals surface area (Å²) in [7, 11) is -2.53. The lowest BCUT2D eigenvalue weighted by Gasteiger charge is -2.03. The summed E-state index contributed by atoms with van der Waals surface area (Å²) in [5.74, 6) is -1.44. The minimum atomic E-state index is -4.71. The molecule has 1 unspecified atom stereocenters. The molecule has 0 aliphatic rings. The van der Waals surface area contributed by atoms with Crippen molar-refractivity contribution in [3.8, 4) is 11.4 Å². The van der Waals surface area contributed by atoms with E-state index < -0.39 is 21.8 Å². The maximum absolute atomic E-state index is 12.9. The smallest absolute Gasteiger partial charge is 0.329 e. The molecule has 3 aromatic heterocycles. The topological polar surface area (TPSA) is 85.7 Å². The average Bonchev–Trinajstić information content (AvgIpc) is 3.33. The minimum absolute atomic E-state index is 0.149. The minimum Gasteiger partial charge on any atom is -0.329 e. The number of rotatable bonds is 5. The van der Waals surface area contributed by atoms with Crippen molar-refractivity contribution >= 4 is 15.4 Å². The Labute approximate surface area is 176 Å². The van der Waals surface area contributed by atoms with Crippen LogP contribution in [0.5, 0.6) is 0 Å². The van der Waals surface area contributed by atoms with Crippen LogP contribution in [-0.2, 0) is 28.2 Å². The molecule has 0 aliphatic carbocycles. The van der Waals surface area contributed by atoms with Crippen molar-refractivity contribution in [1.82, 2.24) is 19.5 Å². The van der Waals surface area contributed by atoms with E-state index >= 15 is 0 Å². The van der Waals surface area contributed by atoms with E-state index in [1.165, 1.54) is 6.20 Å². The standard InChI is InChI=1S/C20H18F3N5O2S/c1-13-3-5-14(6-4-13)9-24-31(2,29)12-16-11-28-10-15(7-8-17(28)25-16)18-26-19(30-27-18)20(21,22)23/h3-8,10-11H,9,12H2,1-2H3. The van der Waals surface area contributed by atoms with E-state index in [1.807, 2.05) is 31.2 Å². The highest BCUT2D eigenvalue weighted by Gasteiger charge is 2.38. The van der Waals surface area contributed by atoms with E-state index in [0.717, 1.165) is 11.1 Å². The van der Waals surface area contributed by atoms with Crippen molar-refractivity contribution in [2.75, 3.05) is 6.26 Å². The van der Waals surface area contributed by atoms with Gasteiger partial charge < -0.3 is 8.92 Å². The fourth-order valence-electron chi connectivity index (χ4n) is 2.93. The highest BCUT2D eigenvalue weighted by molar-refractivity contribution is 7.92. The molecule has 0 saturated heterocycles. The third-order valence-electron chi connectivity index (χ3n) is 4.48. The van der Waals surface area contributed by atoms with Crippen molar-refractivity contribution in [1.29, 1.82) is 0 Å². The molecule has 11 heteroatoms. The van der Waals surface area contributed by atoms with Crippen molar-refractivity contribution in [3.63, 3.8) is 0 Å². The second-order valence-electron chi connectivity index (χ2n) is 7.21. The van der Waals surface area contributed by atoms with Gasteiger partial charge in [-0.05, 0) is 24.6 Å². The Balaban J connectivity index is 1.55. The Kier molecular flexibility index (Phi) is 5.29. The number of hydrogen-bond donors (Lipinski definition) is 0. The van der Waals surface area contributed by atoms with Crippen LogP contribution in [0.15, 0.2) is 57.7 Å². The Morgan fingerprint density at radius 2 is 1.84 bits per heavy atom. The first-order valence-electron chi connectivity index (χ1n) is 9.19. The molecule has 4 aromatic rings. The van der Waals surface area contributed by atoms with Gasteiger partial charge in [0.2, 0.25) is 5.82 Å². The number of nitrogens with zero attached hydrogens (tertiary/aromatic N) is 5. The summed E-state index contributed by atoms with van der Waals surface area (Å²) in [4.78, 5) is 7.81. The highest BCUT2D eigenvalue weighted by Crippen LogP contribution is 2.29. The Bertz CT molecular complexity index is 1350. The molecule has 162 valence electrons. The van der Waals surface area contributed by atoms with Gasteiger partial charge in [-0.3, -0.25) is 0 Å². The van der Waals surface area contributed by atoms with E-state index in [4.69, 9.17) is 0 Å². The van der Waals surface area contributed by atoms with Gasteiger partial charge in [0.15, 0.2) is 0 Å². The van der Waals surface area contributed by atoms with Gasteiger partial charge >= 0.3 is 12.1 Å². The van der Waals surface area contributed by atoms with Crippen LogP contribution in [0.3, 0.4) is 0 Å². The van der Waals surface area contributed by atoms with Crippen LogP contribution < -0.4 is 0 Å². The second kappa shape index (κ2) is 7.80. The maximum Gasteiger partial charge on any atom is 0.471 e. The van der Waals surface area contributed by atoms with Crippen molar-refractivity contribution < 1.29 is 21.9 Å². The number of imidazole rings is 1. The lowest BCUT2D eigenvalue weighted by atomic mass is 10.2. The van der Waals surface area contributed by atoms with Crippen LogP contribution in [0.25, 0.3) is 17.0 Å². The monoisotopic (exact) mass is 449 g/mol. The van der Waals surface area contributed by atoms with E-state index in [9.17, 15) is 17.4 Å². The molecule has 1 atom stereocenters. The summed E-state index contributed by atoms with van der Waals surface area (Å²) in [6, 6.07) is 11.0. The summed E-state index contributed by atoms with van der Waals surface area (Å²) >= 11 is 0. The van der Waals surface area contributed by atoms with Crippen molar-refractivity contribution in [2.24, 2.45) is 4.36 Å². The molecule has 4 rings (SSSR count). The van der Waals surface area contributed by atoms with E-state index in [2.05, 4.69) is 24.0 Å². The van der Waals surface area contributed by atoms with Gasteiger partial charge in [0, 0.05) is 33.9 Å². The van der Waals surface area contributed by atoms with Crippen molar-refractivity contribution in [2.45, 2.75) is 25.4 Å². The molecule has 0 saturated carbocycles. The summed E-state index contributed by atoms with van der Waals surface area (Å²) in [6.07, 6.45) is 0.0709. The van der Waals surface area contributed by atoms with Crippen LogP contribution in [0, 0.1) is 6.92 Å². The number of benzene rings is 1. The lowest BCUT2D eigenvalue weighted by Crippen LogP contribution is -2.04. The molecule has 0 amide bonds. The van der Waals surface area contributed by atoms with E-state index in [0.29, 0.717) is 23.4 Å². The Hall–Kier alpha value is -3.21. The zero-order valence-corrected chi connectivity index (χ0v) is 17.4. The fraction of sp³-hybridized carbons (Fsp3) is 0.250. The maximum atomic E-state index is 12.9. The van der Waals surface area contributed by atoms with E-state index in [1.54, 1.807) is 29.0 Å². The van der Waals surface area contributed by atoms with Crippen LogP contribution in [-0.4, -0.2) is 30.0 Å². The van der Waals surface area contributed by atoms with Crippen molar-refractivity contribution in [3.05, 3.63) is 71.5 Å². The SMILES string of the molecule is Cc1ccc(CN=S(C)(=O)Cc2cn3cc(-c4noc(C(F)(F)F)n4)ccc3n2)cc1. The summed E-state index contributed by atoms with van der Waals surface area (Å²) in [6.45, 7) is 2.33. The predicted molar refractivity (Wildman–Crippen MR) is 109 cm³/mol. The number of halogens is 3. The second-order valence-corrected chi connectivity index (χ2v) is 9.68. The number of hydrogen-bond acceptors (Lipinski definition) is 6. The normalized spacial score (nSPS) is 14.0. The van der Waals surface area contributed by atoms with Gasteiger partial charge in [-0.2, -0.15) is 18.2 Å². The van der Waals surface area contributed by atoms with Crippen LogP contribution >= 0.6 is 0 Å². The van der Waals surface area contributed by atoms with Crippen LogP contribution in [0.1, 0.15) is 22.7 Å². The molecule has 0 radical (unpaired) electrons. The number of aromatic nitrogens is 4. The zero-order valence-electron chi connectivity index (χ0n) is 16.6. The number of fused-ring (bicyclic) bond motifs is 1. The number of pyridine rings is 1.